The fraction of sp³-hybridized carbons (Fsp3) is 0.333. The molecule has 0 atom stereocenters. The highest BCUT2D eigenvalue weighted by atomic mass is 127. The van der Waals surface area contributed by atoms with Gasteiger partial charge in [-0.05, 0) is 63.6 Å². The maximum atomic E-state index is 11.4. The summed E-state index contributed by atoms with van der Waals surface area (Å²) in [6.07, 6.45) is 3.85. The second kappa shape index (κ2) is 9.11. The number of benzene rings is 2. The Morgan fingerprint density at radius 3 is 2.45 bits per heavy atom. The van der Waals surface area contributed by atoms with Gasteiger partial charge < -0.3 is 10.1 Å². The van der Waals surface area contributed by atoms with Crippen LogP contribution in [-0.2, 0) is 19.3 Å². The van der Waals surface area contributed by atoms with Crippen molar-refractivity contribution in [2.24, 2.45) is 5.41 Å². The number of aromatic carboxylic acids is 1. The maximum Gasteiger partial charge on any atom is 0.336 e. The Kier molecular flexibility index (Phi) is 6.77. The Labute approximate surface area is 185 Å². The molecule has 0 bridgehead atoms. The minimum atomic E-state index is -0.904. The van der Waals surface area contributed by atoms with Crippen LogP contribution in [0.5, 0.6) is 0 Å². The maximum absolute atomic E-state index is 11.4. The summed E-state index contributed by atoms with van der Waals surface area (Å²) in [5, 5.41) is 9.39. The predicted octanol–water partition coefficient (Wildman–Crippen LogP) is 6.14. The van der Waals surface area contributed by atoms with Crippen LogP contribution >= 0.6 is 22.6 Å². The smallest absolute Gasteiger partial charge is 0.336 e. The lowest BCUT2D eigenvalue weighted by Gasteiger charge is -2.21. The zero-order valence-electron chi connectivity index (χ0n) is 17.1. The molecule has 152 valence electrons. The van der Waals surface area contributed by atoms with Crippen molar-refractivity contribution >= 4 is 28.6 Å². The fourth-order valence-corrected chi connectivity index (χ4v) is 3.91. The van der Waals surface area contributed by atoms with Crippen LogP contribution in [0.4, 0.5) is 0 Å². The third-order valence-electron chi connectivity index (χ3n) is 5.45. The molecule has 5 heteroatoms. The number of rotatable bonds is 8. The molecule has 0 aliphatic carbocycles. The van der Waals surface area contributed by atoms with E-state index in [1.54, 1.807) is 12.1 Å². The van der Waals surface area contributed by atoms with Crippen LogP contribution in [0.2, 0.25) is 0 Å². The van der Waals surface area contributed by atoms with Gasteiger partial charge in [0.1, 0.15) is 9.53 Å². The minimum absolute atomic E-state index is 0.258. The number of nitrogens with one attached hydrogen (secondary N) is 1. The van der Waals surface area contributed by atoms with Gasteiger partial charge in [-0.25, -0.2) is 9.78 Å². The normalized spacial score (nSPS) is 11.6. The average Bonchev–Trinajstić information content (AvgIpc) is 3.05. The topological polar surface area (TPSA) is 66.0 Å². The van der Waals surface area contributed by atoms with Gasteiger partial charge >= 0.3 is 5.97 Å². The molecule has 0 amide bonds. The lowest BCUT2D eigenvalue weighted by Crippen LogP contribution is -2.14. The standard InChI is InChI=1S/C24H27IN2O2/c1-4-24(2,3)15-20-22(25)27-21(26-20)14-11-16-9-12-17(13-10-16)18-7-5-6-8-19(18)23(28)29/h5-10,12-13H,4,11,14-15H2,1-3H3,(H,26,27)(H,28,29). The van der Waals surface area contributed by atoms with Crippen molar-refractivity contribution in [3.8, 4) is 11.1 Å². The zero-order chi connectivity index (χ0) is 21.0. The molecule has 1 heterocycles. The number of H-pyrrole nitrogens is 1. The molecule has 0 aliphatic rings. The van der Waals surface area contributed by atoms with Crippen molar-refractivity contribution in [1.29, 1.82) is 0 Å². The summed E-state index contributed by atoms with van der Waals surface area (Å²) in [7, 11) is 0. The fourth-order valence-electron chi connectivity index (χ4n) is 3.29. The Balaban J connectivity index is 1.68. The molecule has 0 spiro atoms. The number of carbonyl (C=O) groups is 1. The second-order valence-corrected chi connectivity index (χ2v) is 9.27. The largest absolute Gasteiger partial charge is 0.478 e. The van der Waals surface area contributed by atoms with Gasteiger partial charge in [-0.3, -0.25) is 0 Å². The number of aromatic nitrogens is 2. The van der Waals surface area contributed by atoms with Gasteiger partial charge in [-0.2, -0.15) is 0 Å². The summed E-state index contributed by atoms with van der Waals surface area (Å²) in [6.45, 7) is 6.78. The van der Waals surface area contributed by atoms with Crippen molar-refractivity contribution in [3.05, 3.63) is 74.9 Å². The Hall–Kier alpha value is -2.15. The van der Waals surface area contributed by atoms with Crippen LogP contribution in [0, 0.1) is 9.12 Å². The van der Waals surface area contributed by atoms with Crippen LogP contribution in [0.25, 0.3) is 11.1 Å². The first kappa shape index (κ1) is 21.6. The Morgan fingerprint density at radius 2 is 1.79 bits per heavy atom. The van der Waals surface area contributed by atoms with Crippen molar-refractivity contribution in [2.75, 3.05) is 0 Å². The first-order valence-corrected chi connectivity index (χ1v) is 11.0. The van der Waals surface area contributed by atoms with E-state index in [2.05, 4.69) is 60.5 Å². The zero-order valence-corrected chi connectivity index (χ0v) is 19.3. The van der Waals surface area contributed by atoms with E-state index in [9.17, 15) is 9.90 Å². The van der Waals surface area contributed by atoms with E-state index in [0.717, 1.165) is 52.0 Å². The third-order valence-corrected chi connectivity index (χ3v) is 6.35. The minimum Gasteiger partial charge on any atom is -0.478 e. The van der Waals surface area contributed by atoms with E-state index >= 15 is 0 Å². The van der Waals surface area contributed by atoms with E-state index in [1.807, 2.05) is 24.3 Å². The number of hydrogen-bond donors (Lipinski definition) is 2. The van der Waals surface area contributed by atoms with E-state index in [0.29, 0.717) is 5.56 Å². The first-order chi connectivity index (χ1) is 13.8. The number of imidazole rings is 1. The van der Waals surface area contributed by atoms with E-state index in [-0.39, 0.29) is 5.41 Å². The third kappa shape index (κ3) is 5.47. The number of halogens is 1. The van der Waals surface area contributed by atoms with Crippen LogP contribution in [0.3, 0.4) is 0 Å². The first-order valence-electron chi connectivity index (χ1n) is 9.94. The highest BCUT2D eigenvalue weighted by molar-refractivity contribution is 14.1. The summed E-state index contributed by atoms with van der Waals surface area (Å²) < 4.78 is 1.14. The molecule has 0 radical (unpaired) electrons. The molecule has 1 aromatic heterocycles. The van der Waals surface area contributed by atoms with Crippen LogP contribution in [0.1, 0.15) is 54.6 Å². The lowest BCUT2D eigenvalue weighted by atomic mass is 9.85. The molecule has 0 fully saturated rings. The predicted molar refractivity (Wildman–Crippen MR) is 125 cm³/mol. The highest BCUT2D eigenvalue weighted by Gasteiger charge is 2.20. The van der Waals surface area contributed by atoms with Crippen molar-refractivity contribution in [1.82, 2.24) is 9.97 Å². The van der Waals surface area contributed by atoms with Gasteiger partial charge in [-0.15, -0.1) is 0 Å². The second-order valence-electron chi connectivity index (χ2n) is 8.19. The lowest BCUT2D eigenvalue weighted by molar-refractivity contribution is 0.0697. The Morgan fingerprint density at radius 1 is 1.10 bits per heavy atom. The molecule has 0 unspecified atom stereocenters. The highest BCUT2D eigenvalue weighted by Crippen LogP contribution is 2.27. The molecule has 0 saturated heterocycles. The molecule has 0 aliphatic heterocycles. The number of carboxylic acid groups (broad SMARTS) is 1. The SMILES string of the molecule is CCC(C)(C)Cc1nc(CCc2ccc(-c3ccccc3C(=O)O)cc2)[nH]c1I. The van der Waals surface area contributed by atoms with Gasteiger partial charge in [0.15, 0.2) is 0 Å². The van der Waals surface area contributed by atoms with Crippen molar-refractivity contribution < 1.29 is 9.90 Å². The monoisotopic (exact) mass is 502 g/mol. The summed E-state index contributed by atoms with van der Waals surface area (Å²) in [5.41, 5.74) is 4.62. The summed E-state index contributed by atoms with van der Waals surface area (Å²) in [6, 6.07) is 15.2. The van der Waals surface area contributed by atoms with Gasteiger partial charge in [-0.1, -0.05) is 69.7 Å². The summed E-state index contributed by atoms with van der Waals surface area (Å²) >= 11 is 2.34. The molecule has 0 saturated carbocycles. The van der Waals surface area contributed by atoms with Gasteiger partial charge in [0, 0.05) is 6.42 Å². The molecular formula is C24H27IN2O2. The van der Waals surface area contributed by atoms with Crippen LogP contribution < -0.4 is 0 Å². The molecule has 29 heavy (non-hydrogen) atoms. The van der Waals surface area contributed by atoms with Crippen molar-refractivity contribution in [3.63, 3.8) is 0 Å². The number of carboxylic acids is 1. The Bertz CT molecular complexity index is 990. The van der Waals surface area contributed by atoms with Crippen LogP contribution in [-0.4, -0.2) is 21.0 Å². The molecule has 4 nitrogen and oxygen atoms in total. The molecular weight excluding hydrogens is 475 g/mol. The quantitative estimate of drug-likeness (QED) is 0.364. The number of hydrogen-bond acceptors (Lipinski definition) is 2. The summed E-state index contributed by atoms with van der Waals surface area (Å²) in [4.78, 5) is 19.7. The van der Waals surface area contributed by atoms with E-state index in [1.165, 1.54) is 5.56 Å². The van der Waals surface area contributed by atoms with Gasteiger partial charge in [0.05, 0.1) is 11.3 Å². The molecule has 2 aromatic carbocycles. The molecule has 3 rings (SSSR count). The number of aromatic amines is 1. The van der Waals surface area contributed by atoms with Gasteiger partial charge in [0.25, 0.3) is 0 Å². The van der Waals surface area contributed by atoms with Crippen molar-refractivity contribution in [2.45, 2.75) is 46.5 Å². The average molecular weight is 502 g/mol. The van der Waals surface area contributed by atoms with Gasteiger partial charge in [0.2, 0.25) is 0 Å². The number of nitrogens with zero attached hydrogens (tertiary/aromatic N) is 1. The van der Waals surface area contributed by atoms with E-state index in [4.69, 9.17) is 4.98 Å². The van der Waals surface area contributed by atoms with Crippen LogP contribution in [0.15, 0.2) is 48.5 Å². The molecule has 3 aromatic rings. The number of aryl methyl sites for hydroxylation is 2. The van der Waals surface area contributed by atoms with E-state index < -0.39 is 5.97 Å². The summed E-state index contributed by atoms with van der Waals surface area (Å²) in [5.74, 6) is 0.121. The molecule has 2 N–H and O–H groups in total.